The number of hydrogen-bond donors (Lipinski definition) is 0. The van der Waals surface area contributed by atoms with Gasteiger partial charge in [0.05, 0.1) is 19.5 Å². The van der Waals surface area contributed by atoms with Crippen LogP contribution in [0.4, 0.5) is 0 Å². The zero-order valence-electron chi connectivity index (χ0n) is 38.3. The van der Waals surface area contributed by atoms with Crippen LogP contribution in [0.5, 0.6) is 0 Å². The molecule has 7 nitrogen and oxygen atoms in total. The number of aromatic nitrogens is 2. The van der Waals surface area contributed by atoms with Gasteiger partial charge in [0.2, 0.25) is 0 Å². The molecule has 1 aromatic rings. The van der Waals surface area contributed by atoms with Gasteiger partial charge in [-0.3, -0.25) is 14.5 Å². The van der Waals surface area contributed by atoms with Gasteiger partial charge in [0.1, 0.15) is 0 Å². The molecule has 56 heavy (non-hydrogen) atoms. The van der Waals surface area contributed by atoms with Crippen LogP contribution in [-0.4, -0.2) is 58.7 Å². The first-order valence-corrected chi connectivity index (χ1v) is 24.1. The number of carbonyl (C=O) groups excluding carboxylic acids is 2. The molecule has 0 spiro atoms. The zero-order valence-corrected chi connectivity index (χ0v) is 38.3. The number of nitrogens with zero attached hydrogens (tertiary/aromatic N) is 3. The van der Waals surface area contributed by atoms with Crippen molar-refractivity contribution in [2.45, 2.75) is 241 Å². The second kappa shape index (κ2) is 35.1. The van der Waals surface area contributed by atoms with Gasteiger partial charge in [-0.1, -0.05) is 164 Å². The monoisotopic (exact) mass is 788 g/mol. The van der Waals surface area contributed by atoms with Crippen molar-refractivity contribution in [1.29, 1.82) is 0 Å². The molecule has 0 aromatic carbocycles. The summed E-state index contributed by atoms with van der Waals surface area (Å²) in [4.78, 5) is 32.1. The molecule has 3 unspecified atom stereocenters. The third kappa shape index (κ3) is 28.5. The van der Waals surface area contributed by atoms with Crippen molar-refractivity contribution in [2.75, 3.05) is 26.3 Å². The average molecular weight is 788 g/mol. The number of carbonyl (C=O) groups is 2. The Morgan fingerprint density at radius 1 is 0.571 bits per heavy atom. The highest BCUT2D eigenvalue weighted by Crippen LogP contribution is 2.27. The summed E-state index contributed by atoms with van der Waals surface area (Å²) in [6, 6.07) is 0.419. The second-order valence-corrected chi connectivity index (χ2v) is 18.3. The minimum absolute atomic E-state index is 0.00457. The molecule has 1 rings (SSSR count). The maximum Gasteiger partial charge on any atom is 0.305 e. The van der Waals surface area contributed by atoms with Gasteiger partial charge < -0.3 is 14.0 Å². The molecular weight excluding hydrogens is 695 g/mol. The first-order valence-electron chi connectivity index (χ1n) is 24.1. The minimum atomic E-state index is -0.00457. The molecule has 0 saturated carbocycles. The molecule has 0 bridgehead atoms. The van der Waals surface area contributed by atoms with Gasteiger partial charge in [0.15, 0.2) is 0 Å². The Morgan fingerprint density at radius 2 is 1.00 bits per heavy atom. The Balaban J connectivity index is 2.43. The molecule has 7 heteroatoms. The van der Waals surface area contributed by atoms with E-state index in [2.05, 4.69) is 69.1 Å². The van der Waals surface area contributed by atoms with Crippen LogP contribution < -0.4 is 0 Å². The molecule has 328 valence electrons. The molecule has 0 aliphatic rings. The summed E-state index contributed by atoms with van der Waals surface area (Å²) >= 11 is 0. The van der Waals surface area contributed by atoms with Gasteiger partial charge in [-0.05, 0) is 81.7 Å². The van der Waals surface area contributed by atoms with E-state index >= 15 is 0 Å². The molecule has 1 aromatic heterocycles. The Labute approximate surface area is 347 Å². The summed E-state index contributed by atoms with van der Waals surface area (Å²) in [6.07, 6.45) is 38.2. The SMILES string of the molecule is CCCCCCCC(CCC)COC(=O)CCCCCCCN(CCCCCCCC(=O)OCC(CCC)CCCCCCC)C(Cn1ccnc1)C(C)(C)C. The smallest absolute Gasteiger partial charge is 0.305 e. The highest BCUT2D eigenvalue weighted by atomic mass is 16.5. The lowest BCUT2D eigenvalue weighted by Gasteiger charge is -2.41. The lowest BCUT2D eigenvalue weighted by molar-refractivity contribution is -0.146. The predicted octanol–water partition coefficient (Wildman–Crippen LogP) is 13.9. The molecule has 3 atom stereocenters. The van der Waals surface area contributed by atoms with Gasteiger partial charge in [0.25, 0.3) is 0 Å². The molecule has 0 aliphatic carbocycles. The van der Waals surface area contributed by atoms with Crippen molar-refractivity contribution >= 4 is 11.9 Å². The largest absolute Gasteiger partial charge is 0.465 e. The minimum Gasteiger partial charge on any atom is -0.465 e. The van der Waals surface area contributed by atoms with E-state index < -0.39 is 0 Å². The van der Waals surface area contributed by atoms with Gasteiger partial charge in [0, 0.05) is 37.8 Å². The fraction of sp³-hybridized carbons (Fsp3) is 0.898. The van der Waals surface area contributed by atoms with Crippen molar-refractivity contribution in [1.82, 2.24) is 14.5 Å². The standard InChI is InChI=1S/C49H93N3O4/c1-8-12-14-18-24-32-44(30-10-3)41-55-47(53)34-26-20-16-22-28-37-52(46(49(5,6)7)40-51-39-36-50-43-51)38-29-23-17-21-27-35-48(54)56-42-45(31-11-4)33-25-19-15-13-9-2/h36,39,43-46H,8-35,37-38,40-42H2,1-7H3. The van der Waals surface area contributed by atoms with E-state index in [0.29, 0.717) is 43.9 Å². The molecule has 0 amide bonds. The van der Waals surface area contributed by atoms with Crippen LogP contribution >= 0.6 is 0 Å². The Hall–Kier alpha value is -1.89. The van der Waals surface area contributed by atoms with Crippen molar-refractivity contribution in [3.63, 3.8) is 0 Å². The van der Waals surface area contributed by atoms with E-state index in [1.165, 1.54) is 116 Å². The highest BCUT2D eigenvalue weighted by molar-refractivity contribution is 5.69. The summed E-state index contributed by atoms with van der Waals surface area (Å²) in [7, 11) is 0. The van der Waals surface area contributed by atoms with Gasteiger partial charge in [-0.25, -0.2) is 4.98 Å². The van der Waals surface area contributed by atoms with Crippen molar-refractivity contribution in [3.8, 4) is 0 Å². The maximum absolute atomic E-state index is 12.5. The molecule has 0 N–H and O–H groups in total. The Morgan fingerprint density at radius 3 is 1.41 bits per heavy atom. The molecule has 0 saturated heterocycles. The van der Waals surface area contributed by atoms with Gasteiger partial charge in [-0.2, -0.15) is 0 Å². The highest BCUT2D eigenvalue weighted by Gasteiger charge is 2.30. The number of unbranched alkanes of at least 4 members (excludes halogenated alkanes) is 16. The van der Waals surface area contributed by atoms with Crippen LogP contribution in [0, 0.1) is 17.3 Å². The number of hydrogen-bond acceptors (Lipinski definition) is 6. The van der Waals surface area contributed by atoms with Gasteiger partial charge >= 0.3 is 11.9 Å². The summed E-state index contributed by atoms with van der Waals surface area (Å²) in [5.41, 5.74) is 0.140. The fourth-order valence-electron chi connectivity index (χ4n) is 8.26. The van der Waals surface area contributed by atoms with Crippen LogP contribution in [0.1, 0.15) is 228 Å². The number of esters is 2. The maximum atomic E-state index is 12.5. The number of imidazole rings is 1. The van der Waals surface area contributed by atoms with E-state index in [-0.39, 0.29) is 17.4 Å². The van der Waals surface area contributed by atoms with Crippen LogP contribution in [0.3, 0.4) is 0 Å². The summed E-state index contributed by atoms with van der Waals surface area (Å²) in [5, 5.41) is 0. The molecular formula is C49H93N3O4. The normalized spacial score (nSPS) is 13.6. The van der Waals surface area contributed by atoms with E-state index in [1.54, 1.807) is 0 Å². The van der Waals surface area contributed by atoms with Crippen LogP contribution in [0.15, 0.2) is 18.7 Å². The second-order valence-electron chi connectivity index (χ2n) is 18.3. The summed E-state index contributed by atoms with van der Waals surface area (Å²) < 4.78 is 13.7. The molecule has 0 aliphatic heterocycles. The van der Waals surface area contributed by atoms with Crippen molar-refractivity contribution in [2.24, 2.45) is 17.3 Å². The summed E-state index contributed by atoms with van der Waals surface area (Å²) in [5.74, 6) is 1.04. The van der Waals surface area contributed by atoms with Crippen molar-refractivity contribution in [3.05, 3.63) is 18.7 Å². The summed E-state index contributed by atoms with van der Waals surface area (Å²) in [6.45, 7) is 20.5. The predicted molar refractivity (Wildman–Crippen MR) is 238 cm³/mol. The third-order valence-corrected chi connectivity index (χ3v) is 11.8. The molecule has 1 heterocycles. The fourth-order valence-corrected chi connectivity index (χ4v) is 8.26. The third-order valence-electron chi connectivity index (χ3n) is 11.8. The Kier molecular flexibility index (Phi) is 32.7. The van der Waals surface area contributed by atoms with Crippen LogP contribution in [0.25, 0.3) is 0 Å². The van der Waals surface area contributed by atoms with E-state index in [0.717, 1.165) is 71.0 Å². The van der Waals surface area contributed by atoms with Gasteiger partial charge in [-0.15, -0.1) is 0 Å². The lowest BCUT2D eigenvalue weighted by Crippen LogP contribution is -2.47. The van der Waals surface area contributed by atoms with E-state index in [1.807, 2.05) is 12.5 Å². The van der Waals surface area contributed by atoms with Crippen molar-refractivity contribution < 1.29 is 19.1 Å². The molecule has 0 fully saturated rings. The topological polar surface area (TPSA) is 73.7 Å². The number of ether oxygens (including phenoxy) is 2. The van der Waals surface area contributed by atoms with E-state index in [4.69, 9.17) is 9.47 Å². The van der Waals surface area contributed by atoms with E-state index in [9.17, 15) is 9.59 Å². The average Bonchev–Trinajstić information content (AvgIpc) is 3.69. The quantitative estimate of drug-likeness (QED) is 0.0489. The first kappa shape index (κ1) is 52.1. The van der Waals surface area contributed by atoms with Crippen LogP contribution in [-0.2, 0) is 25.6 Å². The lowest BCUT2D eigenvalue weighted by atomic mass is 9.85. The number of rotatable bonds is 39. The Bertz CT molecular complexity index is 969. The molecule has 0 radical (unpaired) electrons. The van der Waals surface area contributed by atoms with Crippen LogP contribution in [0.2, 0.25) is 0 Å². The zero-order chi connectivity index (χ0) is 41.1. The first-order chi connectivity index (χ1) is 27.1.